The Hall–Kier alpha value is -3.97. The average Bonchev–Trinajstić information content (AvgIpc) is 2.88. The molecule has 1 aliphatic heterocycles. The number of rotatable bonds is 2. The summed E-state index contributed by atoms with van der Waals surface area (Å²) in [6.07, 6.45) is 3.54. The van der Waals surface area contributed by atoms with Crippen LogP contribution in [0.3, 0.4) is 0 Å². The minimum Gasteiger partial charge on any atom is -0.488 e. The maximum absolute atomic E-state index is 13.2. The van der Waals surface area contributed by atoms with Gasteiger partial charge in [-0.2, -0.15) is 0 Å². The molecule has 1 amide bonds. The maximum Gasteiger partial charge on any atom is 0.259 e. The first-order valence-corrected chi connectivity index (χ1v) is 11.3. The molecule has 5 rings (SSSR count). The molecule has 0 saturated carbocycles. The summed E-state index contributed by atoms with van der Waals surface area (Å²) in [5, 5.41) is 1.12. The lowest BCUT2D eigenvalue weighted by Crippen LogP contribution is -2.37. The molecular formula is C27H26N4O3. The molecule has 0 atom stereocenters. The van der Waals surface area contributed by atoms with Gasteiger partial charge in [0.05, 0.1) is 5.52 Å². The van der Waals surface area contributed by atoms with Crippen LogP contribution in [0.25, 0.3) is 10.9 Å². The van der Waals surface area contributed by atoms with E-state index in [2.05, 4.69) is 27.0 Å². The maximum atomic E-state index is 13.2. The van der Waals surface area contributed by atoms with Crippen molar-refractivity contribution in [2.24, 2.45) is 0 Å². The van der Waals surface area contributed by atoms with Crippen LogP contribution >= 0.6 is 0 Å². The Morgan fingerprint density at radius 1 is 0.912 bits per heavy atom. The highest BCUT2D eigenvalue weighted by atomic mass is 16.5. The van der Waals surface area contributed by atoms with E-state index in [-0.39, 0.29) is 11.8 Å². The van der Waals surface area contributed by atoms with Crippen LogP contribution in [0, 0.1) is 0 Å². The van der Waals surface area contributed by atoms with Gasteiger partial charge in [0, 0.05) is 51.0 Å². The number of hydrogen-bond acceptors (Lipinski definition) is 6. The molecular weight excluding hydrogens is 428 g/mol. The molecule has 0 bridgehead atoms. The topological polar surface area (TPSA) is 67.8 Å². The zero-order valence-corrected chi connectivity index (χ0v) is 19.1. The fraction of sp³-hybridized carbons (Fsp3) is 0.222. The summed E-state index contributed by atoms with van der Waals surface area (Å²) < 4.78 is 12.1. The molecule has 4 aromatic rings. The van der Waals surface area contributed by atoms with Crippen molar-refractivity contribution in [2.75, 3.05) is 33.3 Å². The largest absolute Gasteiger partial charge is 0.488 e. The van der Waals surface area contributed by atoms with Crippen molar-refractivity contribution >= 4 is 16.8 Å². The van der Waals surface area contributed by atoms with Gasteiger partial charge in [0.15, 0.2) is 11.5 Å². The lowest BCUT2D eigenvalue weighted by molar-refractivity contribution is 0.0770. The molecule has 0 radical (unpaired) electrons. The smallest absolute Gasteiger partial charge is 0.259 e. The lowest BCUT2D eigenvalue weighted by atomic mass is 10.1. The zero-order valence-electron chi connectivity index (χ0n) is 19.1. The molecule has 7 heteroatoms. The molecule has 7 nitrogen and oxygen atoms in total. The van der Waals surface area contributed by atoms with Gasteiger partial charge in [-0.25, -0.2) is 4.98 Å². The number of nitrogens with zero attached hydrogens (tertiary/aromatic N) is 4. The summed E-state index contributed by atoms with van der Waals surface area (Å²) in [6, 6.07) is 21.2. The normalized spacial score (nSPS) is 15.2. The van der Waals surface area contributed by atoms with E-state index in [0.717, 1.165) is 16.5 Å². The zero-order chi connectivity index (χ0) is 23.3. The number of carbonyl (C=O) groups excluding carboxylic acids is 1. The summed E-state index contributed by atoms with van der Waals surface area (Å²) in [7, 11) is 1.80. The molecule has 2 aromatic heterocycles. The highest BCUT2D eigenvalue weighted by Crippen LogP contribution is 2.32. The third kappa shape index (κ3) is 4.84. The Bertz CT molecular complexity index is 1310. The number of aromatic nitrogens is 2. The second-order valence-electron chi connectivity index (χ2n) is 8.29. The molecule has 3 heterocycles. The van der Waals surface area contributed by atoms with Crippen molar-refractivity contribution in [3.8, 4) is 17.4 Å². The molecule has 0 fully saturated rings. The number of benzene rings is 2. The van der Waals surface area contributed by atoms with Crippen molar-refractivity contribution in [2.45, 2.75) is 6.54 Å². The Balaban J connectivity index is 1.42. The van der Waals surface area contributed by atoms with Gasteiger partial charge in [-0.1, -0.05) is 30.3 Å². The third-order valence-corrected chi connectivity index (χ3v) is 5.87. The highest BCUT2D eigenvalue weighted by molar-refractivity contribution is 5.96. The standard InChI is InChI=1S/C27H26N4O3/c1-30-13-14-31(19-20-17-21-7-2-3-9-23(21)29-18-20)15-16-33-24-10-4-5-11-25(24)34-26-22(27(30)32)8-6-12-28-26/h2-12,17-18H,13-16,19H2,1H3. The van der Waals surface area contributed by atoms with Gasteiger partial charge >= 0.3 is 0 Å². The second-order valence-corrected chi connectivity index (χ2v) is 8.29. The van der Waals surface area contributed by atoms with Crippen LogP contribution in [0.4, 0.5) is 0 Å². The first-order valence-electron chi connectivity index (χ1n) is 11.3. The number of ether oxygens (including phenoxy) is 2. The minimum atomic E-state index is -0.131. The van der Waals surface area contributed by atoms with E-state index in [0.29, 0.717) is 49.8 Å². The lowest BCUT2D eigenvalue weighted by Gasteiger charge is -2.25. The summed E-state index contributed by atoms with van der Waals surface area (Å²) in [6.45, 7) is 3.12. The number of carbonyl (C=O) groups is 1. The van der Waals surface area contributed by atoms with Gasteiger partial charge in [-0.15, -0.1) is 0 Å². The first kappa shape index (κ1) is 21.9. The highest BCUT2D eigenvalue weighted by Gasteiger charge is 2.21. The van der Waals surface area contributed by atoms with Crippen LogP contribution < -0.4 is 9.47 Å². The summed E-state index contributed by atoms with van der Waals surface area (Å²) in [4.78, 5) is 26.1. The van der Waals surface area contributed by atoms with Crippen molar-refractivity contribution in [1.29, 1.82) is 0 Å². The monoisotopic (exact) mass is 454 g/mol. The minimum absolute atomic E-state index is 0.131. The SMILES string of the molecule is CN1CCN(Cc2cnc3ccccc3c2)CCOc2ccccc2Oc2ncccc2C1=O. The van der Waals surface area contributed by atoms with Gasteiger partial charge in [0.25, 0.3) is 5.91 Å². The predicted molar refractivity (Wildman–Crippen MR) is 130 cm³/mol. The Kier molecular flexibility index (Phi) is 6.35. The van der Waals surface area contributed by atoms with Gasteiger partial charge in [0.1, 0.15) is 12.2 Å². The number of fused-ring (bicyclic) bond motifs is 3. The second kappa shape index (κ2) is 9.89. The van der Waals surface area contributed by atoms with E-state index in [1.54, 1.807) is 30.3 Å². The van der Waals surface area contributed by atoms with Crippen molar-refractivity contribution in [3.63, 3.8) is 0 Å². The van der Waals surface area contributed by atoms with E-state index in [1.807, 2.05) is 48.7 Å². The van der Waals surface area contributed by atoms with Gasteiger partial charge in [-0.05, 0) is 42.0 Å². The summed E-state index contributed by atoms with van der Waals surface area (Å²) >= 11 is 0. The molecule has 1 aliphatic rings. The van der Waals surface area contributed by atoms with E-state index in [1.165, 1.54) is 0 Å². The Labute approximate surface area is 198 Å². The number of hydrogen-bond donors (Lipinski definition) is 0. The number of amides is 1. The fourth-order valence-corrected chi connectivity index (χ4v) is 4.01. The fourth-order valence-electron chi connectivity index (χ4n) is 4.01. The van der Waals surface area contributed by atoms with E-state index in [4.69, 9.17) is 9.47 Å². The van der Waals surface area contributed by atoms with Crippen LogP contribution in [0.5, 0.6) is 17.4 Å². The summed E-state index contributed by atoms with van der Waals surface area (Å²) in [5.74, 6) is 1.29. The van der Waals surface area contributed by atoms with Crippen molar-refractivity contribution in [3.05, 3.63) is 90.3 Å². The van der Waals surface area contributed by atoms with Crippen LogP contribution in [-0.4, -0.2) is 59.0 Å². The summed E-state index contributed by atoms with van der Waals surface area (Å²) in [5.41, 5.74) is 2.52. The molecule has 0 N–H and O–H groups in total. The molecule has 0 aliphatic carbocycles. The molecule has 0 unspecified atom stereocenters. The van der Waals surface area contributed by atoms with E-state index >= 15 is 0 Å². The average molecular weight is 455 g/mol. The van der Waals surface area contributed by atoms with E-state index in [9.17, 15) is 4.79 Å². The Morgan fingerprint density at radius 3 is 2.65 bits per heavy atom. The van der Waals surface area contributed by atoms with Crippen LogP contribution in [0.2, 0.25) is 0 Å². The van der Waals surface area contributed by atoms with Crippen LogP contribution in [0.15, 0.2) is 79.1 Å². The predicted octanol–water partition coefficient (Wildman–Crippen LogP) is 4.39. The quantitative estimate of drug-likeness (QED) is 0.448. The van der Waals surface area contributed by atoms with Gasteiger partial charge < -0.3 is 14.4 Å². The van der Waals surface area contributed by atoms with E-state index < -0.39 is 0 Å². The van der Waals surface area contributed by atoms with Gasteiger partial charge in [0.2, 0.25) is 5.88 Å². The Morgan fingerprint density at radius 2 is 1.74 bits per heavy atom. The number of para-hydroxylation sites is 3. The van der Waals surface area contributed by atoms with Crippen molar-refractivity contribution in [1.82, 2.24) is 19.8 Å². The number of likely N-dealkylation sites (N-methyl/N-ethyl adjacent to an activating group) is 1. The third-order valence-electron chi connectivity index (χ3n) is 5.87. The van der Waals surface area contributed by atoms with Crippen LogP contribution in [0.1, 0.15) is 15.9 Å². The molecule has 34 heavy (non-hydrogen) atoms. The van der Waals surface area contributed by atoms with Crippen LogP contribution in [-0.2, 0) is 6.54 Å². The molecule has 172 valence electrons. The molecule has 0 saturated heterocycles. The molecule has 0 spiro atoms. The first-order chi connectivity index (χ1) is 16.7. The number of pyridine rings is 2. The van der Waals surface area contributed by atoms with Crippen molar-refractivity contribution < 1.29 is 14.3 Å². The molecule has 2 aromatic carbocycles. The van der Waals surface area contributed by atoms with Gasteiger partial charge in [-0.3, -0.25) is 14.7 Å².